The molecule has 164 valence electrons. The molecule has 1 heterocycles. The maximum Gasteiger partial charge on any atom is 0.264 e. The van der Waals surface area contributed by atoms with Crippen molar-refractivity contribution in [2.45, 2.75) is 19.8 Å². The number of amides is 1. The summed E-state index contributed by atoms with van der Waals surface area (Å²) in [5.74, 6) is -0.903. The molecule has 1 aliphatic carbocycles. The minimum Gasteiger partial charge on any atom is -0.271 e. The van der Waals surface area contributed by atoms with E-state index < -0.39 is 11.3 Å². The molecule has 1 amide bonds. The van der Waals surface area contributed by atoms with Crippen LogP contribution in [-0.4, -0.2) is 23.1 Å². The molecule has 33 heavy (non-hydrogen) atoms. The Morgan fingerprint density at radius 2 is 1.67 bits per heavy atom. The zero-order valence-corrected chi connectivity index (χ0v) is 18.4. The van der Waals surface area contributed by atoms with Crippen LogP contribution >= 0.6 is 0 Å². The summed E-state index contributed by atoms with van der Waals surface area (Å²) in [5, 5.41) is 17.9. The van der Waals surface area contributed by atoms with Gasteiger partial charge in [-0.1, -0.05) is 72.3 Å². The summed E-state index contributed by atoms with van der Waals surface area (Å²) in [6.45, 7) is 3.43. The van der Waals surface area contributed by atoms with Gasteiger partial charge in [-0.05, 0) is 54.3 Å². The molecule has 0 saturated heterocycles. The highest BCUT2D eigenvalue weighted by atomic mass is 16.6. The van der Waals surface area contributed by atoms with Crippen LogP contribution < -0.4 is 5.01 Å². The van der Waals surface area contributed by atoms with Crippen LogP contribution in [0.4, 0.5) is 5.69 Å². The first kappa shape index (κ1) is 20.8. The lowest BCUT2D eigenvalue weighted by Gasteiger charge is -2.30. The Kier molecular flexibility index (Phi) is 4.93. The number of aryl methyl sites for hydroxylation is 1. The molecule has 0 fully saturated rings. The number of nitrogens with zero attached hydrogens (tertiary/aromatic N) is 3. The molecule has 0 unspecified atom stereocenters. The molecule has 1 spiro atoms. The predicted octanol–water partition coefficient (Wildman–Crippen LogP) is 5.32. The van der Waals surface area contributed by atoms with Crippen LogP contribution in [0.15, 0.2) is 84.0 Å². The second kappa shape index (κ2) is 7.81. The van der Waals surface area contributed by atoms with Crippen molar-refractivity contribution < 1.29 is 9.72 Å². The van der Waals surface area contributed by atoms with Crippen LogP contribution in [0.1, 0.15) is 35.1 Å². The van der Waals surface area contributed by atoms with Gasteiger partial charge >= 0.3 is 0 Å². The van der Waals surface area contributed by atoms with Crippen molar-refractivity contribution in [3.63, 3.8) is 0 Å². The van der Waals surface area contributed by atoms with Crippen molar-refractivity contribution in [1.29, 1.82) is 0 Å². The van der Waals surface area contributed by atoms with Gasteiger partial charge in [0.2, 0.25) is 6.54 Å². The molecule has 0 N–H and O–H groups in total. The summed E-state index contributed by atoms with van der Waals surface area (Å²) in [7, 11) is 0. The highest BCUT2D eigenvalue weighted by Gasteiger charge is 2.63. The summed E-state index contributed by atoms with van der Waals surface area (Å²) < 4.78 is 0. The van der Waals surface area contributed by atoms with Gasteiger partial charge in [-0.15, -0.1) is 0 Å². The second-order valence-corrected chi connectivity index (χ2v) is 8.57. The second-order valence-electron chi connectivity index (χ2n) is 8.57. The molecule has 6 nitrogen and oxygen atoms in total. The van der Waals surface area contributed by atoms with Crippen LogP contribution in [-0.2, 0) is 4.79 Å². The van der Waals surface area contributed by atoms with Gasteiger partial charge in [0.1, 0.15) is 5.41 Å². The third-order valence-electron chi connectivity index (χ3n) is 6.65. The Morgan fingerprint density at radius 1 is 1.00 bits per heavy atom. The lowest BCUT2D eigenvalue weighted by atomic mass is 9.69. The molecule has 1 aliphatic heterocycles. The van der Waals surface area contributed by atoms with E-state index in [4.69, 9.17) is 0 Å². The van der Waals surface area contributed by atoms with Gasteiger partial charge in [0, 0.05) is 4.92 Å². The number of hydrogen-bond donors (Lipinski definition) is 0. The van der Waals surface area contributed by atoms with Crippen LogP contribution in [0, 0.1) is 22.5 Å². The fourth-order valence-electron chi connectivity index (χ4n) is 5.14. The Morgan fingerprint density at radius 3 is 2.36 bits per heavy atom. The molecule has 0 radical (unpaired) electrons. The van der Waals surface area contributed by atoms with E-state index in [9.17, 15) is 14.9 Å². The number of carbonyl (C=O) groups is 1. The lowest BCUT2D eigenvalue weighted by Crippen LogP contribution is -2.44. The molecule has 3 aromatic carbocycles. The van der Waals surface area contributed by atoms with Crippen LogP contribution in [0.5, 0.6) is 0 Å². The number of hydrazone groups is 1. The minimum atomic E-state index is -1.24. The third kappa shape index (κ3) is 3.18. The fraction of sp³-hybridized carbons (Fsp3) is 0.185. The molecule has 2 atom stereocenters. The van der Waals surface area contributed by atoms with Gasteiger partial charge in [-0.25, -0.2) is 0 Å². The molecule has 0 bridgehead atoms. The maximum atomic E-state index is 14.2. The van der Waals surface area contributed by atoms with Crippen molar-refractivity contribution in [2.24, 2.45) is 10.5 Å². The number of rotatable bonds is 4. The summed E-state index contributed by atoms with van der Waals surface area (Å²) in [6, 6.07) is 24.9. The number of hydrogen-bond acceptors (Lipinski definition) is 4. The van der Waals surface area contributed by atoms with E-state index in [1.54, 1.807) is 0 Å². The average molecular weight is 437 g/mol. The maximum absolute atomic E-state index is 14.2. The molecule has 3 aromatic rings. The van der Waals surface area contributed by atoms with Crippen molar-refractivity contribution in [3.05, 3.63) is 111 Å². The highest BCUT2D eigenvalue weighted by molar-refractivity contribution is 6.29. The fourth-order valence-corrected chi connectivity index (χ4v) is 5.14. The van der Waals surface area contributed by atoms with Crippen LogP contribution in [0.25, 0.3) is 11.6 Å². The Bertz CT molecular complexity index is 1310. The minimum absolute atomic E-state index is 0.255. The molecule has 2 aliphatic rings. The number of anilines is 1. The summed E-state index contributed by atoms with van der Waals surface area (Å²) >= 11 is 0. The Balaban J connectivity index is 1.75. The van der Waals surface area contributed by atoms with Crippen LogP contribution in [0.2, 0.25) is 0 Å². The number of carbonyl (C=O) groups excluding carboxylic acids is 1. The number of fused-ring (bicyclic) bond motifs is 1. The normalized spacial score (nSPS) is 22.7. The van der Waals surface area contributed by atoms with E-state index in [1.807, 2.05) is 98.8 Å². The van der Waals surface area contributed by atoms with Gasteiger partial charge < -0.3 is 0 Å². The molecular weight excluding hydrogens is 414 g/mol. The first-order valence-corrected chi connectivity index (χ1v) is 10.9. The molecule has 0 saturated carbocycles. The van der Waals surface area contributed by atoms with Crippen molar-refractivity contribution in [1.82, 2.24) is 0 Å². The average Bonchev–Trinajstić information content (AvgIpc) is 3.23. The van der Waals surface area contributed by atoms with Gasteiger partial charge in [-0.3, -0.25) is 14.9 Å². The van der Waals surface area contributed by atoms with Crippen LogP contribution in [0.3, 0.4) is 0 Å². The van der Waals surface area contributed by atoms with E-state index in [-0.39, 0.29) is 17.4 Å². The Hall–Kier alpha value is -4.06. The van der Waals surface area contributed by atoms with E-state index >= 15 is 0 Å². The highest BCUT2D eigenvalue weighted by Crippen LogP contribution is 2.59. The zero-order chi connectivity index (χ0) is 23.2. The number of nitro groups is 1. The monoisotopic (exact) mass is 437 g/mol. The number of benzene rings is 3. The Labute approximate surface area is 192 Å². The summed E-state index contributed by atoms with van der Waals surface area (Å²) in [5.41, 5.74) is 4.42. The molecule has 0 aromatic heterocycles. The van der Waals surface area contributed by atoms with Crippen molar-refractivity contribution >= 4 is 29.0 Å². The first-order chi connectivity index (χ1) is 15.9. The predicted molar refractivity (Wildman–Crippen MR) is 130 cm³/mol. The largest absolute Gasteiger partial charge is 0.271 e. The van der Waals surface area contributed by atoms with Gasteiger partial charge in [0.15, 0.2) is 0 Å². The van der Waals surface area contributed by atoms with Crippen molar-refractivity contribution in [3.8, 4) is 0 Å². The quantitative estimate of drug-likeness (QED) is 0.410. The van der Waals surface area contributed by atoms with Gasteiger partial charge in [0.05, 0.1) is 17.3 Å². The topological polar surface area (TPSA) is 75.8 Å². The standard InChI is InChI=1S/C27H23N3O3/c1-18-12-14-21(15-13-18)30-26(31)27(19(2)28-30)24(16-20-8-4-3-5-9-20)22-10-6-7-11-23(22)25(27)17-29(32)33/h3-16,25H,17H2,1-2H3/b24-16+/t25-,27-/m0/s1. The van der Waals surface area contributed by atoms with Gasteiger partial charge in [0.25, 0.3) is 5.91 Å². The summed E-state index contributed by atoms with van der Waals surface area (Å²) in [4.78, 5) is 25.7. The van der Waals surface area contributed by atoms with E-state index in [0.717, 1.165) is 27.8 Å². The summed E-state index contributed by atoms with van der Waals surface area (Å²) in [6.07, 6.45) is 1.98. The zero-order valence-electron chi connectivity index (χ0n) is 18.4. The molecule has 6 heteroatoms. The lowest BCUT2D eigenvalue weighted by molar-refractivity contribution is -0.484. The smallest absolute Gasteiger partial charge is 0.264 e. The third-order valence-corrected chi connectivity index (χ3v) is 6.65. The molecular formula is C27H23N3O3. The van der Waals surface area contributed by atoms with E-state index in [0.29, 0.717) is 11.4 Å². The molecule has 5 rings (SSSR count). The first-order valence-electron chi connectivity index (χ1n) is 10.9. The van der Waals surface area contributed by atoms with Crippen molar-refractivity contribution in [2.75, 3.05) is 11.6 Å². The van der Waals surface area contributed by atoms with E-state index in [1.165, 1.54) is 5.01 Å². The van der Waals surface area contributed by atoms with E-state index in [2.05, 4.69) is 5.10 Å². The van der Waals surface area contributed by atoms with Gasteiger partial charge in [-0.2, -0.15) is 10.1 Å². The SMILES string of the molecule is CC1=NN(c2ccc(C)cc2)C(=O)[C@]12/C(=C/c1ccccc1)c1ccccc1[C@@H]2C[N+](=O)[O-].